The van der Waals surface area contributed by atoms with Gasteiger partial charge in [0.05, 0.1) is 0 Å². The molecule has 0 saturated carbocycles. The van der Waals surface area contributed by atoms with Gasteiger partial charge < -0.3 is 15.5 Å². The van der Waals surface area contributed by atoms with Crippen LogP contribution in [0.3, 0.4) is 0 Å². The lowest BCUT2D eigenvalue weighted by atomic mass is 10.1. The normalized spacial score (nSPS) is 10.4. The molecule has 0 radical (unpaired) electrons. The van der Waals surface area contributed by atoms with Crippen LogP contribution in [-0.4, -0.2) is 22.7 Å². The smallest absolute Gasteiger partial charge is 0.251 e. The fourth-order valence-corrected chi connectivity index (χ4v) is 2.02. The number of carbonyl (C=O) groups excluding carboxylic acids is 1. The molecule has 0 aliphatic carbocycles. The highest BCUT2D eigenvalue weighted by molar-refractivity contribution is 5.94. The zero-order valence-electron chi connectivity index (χ0n) is 11.6. The van der Waals surface area contributed by atoms with Crippen molar-refractivity contribution in [2.45, 2.75) is 13.3 Å². The Bertz CT molecular complexity index is 671. The van der Waals surface area contributed by atoms with Crippen molar-refractivity contribution >= 4 is 5.91 Å². The Hall–Kier alpha value is -2.56. The molecule has 0 fully saturated rings. The van der Waals surface area contributed by atoms with Crippen molar-refractivity contribution in [3.63, 3.8) is 0 Å². The van der Waals surface area contributed by atoms with E-state index in [1.807, 2.05) is 6.92 Å². The van der Waals surface area contributed by atoms with Crippen molar-refractivity contribution in [3.8, 4) is 11.5 Å². The first-order chi connectivity index (χ1) is 9.97. The Morgan fingerprint density at radius 3 is 2.57 bits per heavy atom. The number of aromatic hydroxyl groups is 2. The molecule has 0 heterocycles. The summed E-state index contributed by atoms with van der Waals surface area (Å²) in [6.45, 7) is 2.21. The van der Waals surface area contributed by atoms with Gasteiger partial charge in [0.25, 0.3) is 5.91 Å². The van der Waals surface area contributed by atoms with Gasteiger partial charge in [0, 0.05) is 12.1 Å². The number of aryl methyl sites for hydroxylation is 1. The van der Waals surface area contributed by atoms with Crippen LogP contribution in [0.2, 0.25) is 0 Å². The first kappa shape index (κ1) is 14.8. The molecule has 4 nitrogen and oxygen atoms in total. The maximum Gasteiger partial charge on any atom is 0.251 e. The molecule has 0 aliphatic rings. The summed E-state index contributed by atoms with van der Waals surface area (Å²) in [5.74, 6) is -1.23. The van der Waals surface area contributed by atoms with Gasteiger partial charge in [0.2, 0.25) is 0 Å². The Labute approximate surface area is 121 Å². The number of nitrogens with one attached hydrogen (secondary N) is 1. The highest BCUT2D eigenvalue weighted by Gasteiger charge is 2.08. The molecule has 0 bridgehead atoms. The highest BCUT2D eigenvalue weighted by atomic mass is 19.1. The summed E-state index contributed by atoms with van der Waals surface area (Å²) in [6, 6.07) is 8.43. The fraction of sp³-hybridized carbons (Fsp3) is 0.188. The van der Waals surface area contributed by atoms with Gasteiger partial charge in [-0.1, -0.05) is 6.07 Å². The maximum absolute atomic E-state index is 13.0. The van der Waals surface area contributed by atoms with Crippen LogP contribution in [-0.2, 0) is 6.42 Å². The Morgan fingerprint density at radius 2 is 1.90 bits per heavy atom. The van der Waals surface area contributed by atoms with E-state index in [1.54, 1.807) is 6.07 Å². The lowest BCUT2D eigenvalue weighted by molar-refractivity contribution is 0.0953. The first-order valence-electron chi connectivity index (χ1n) is 6.52. The summed E-state index contributed by atoms with van der Waals surface area (Å²) in [4.78, 5) is 11.9. The Morgan fingerprint density at radius 1 is 1.14 bits per heavy atom. The van der Waals surface area contributed by atoms with Gasteiger partial charge in [-0.2, -0.15) is 0 Å². The van der Waals surface area contributed by atoms with E-state index < -0.39 is 0 Å². The van der Waals surface area contributed by atoms with E-state index in [9.17, 15) is 19.4 Å². The maximum atomic E-state index is 13.0. The van der Waals surface area contributed by atoms with Gasteiger partial charge in [0.15, 0.2) is 11.5 Å². The molecule has 1 amide bonds. The molecule has 5 heteroatoms. The second kappa shape index (κ2) is 6.26. The standard InChI is InChI=1S/C16H16FNO3/c1-10-8-13(17)4-2-11(10)6-7-18-16(21)12-3-5-14(19)15(20)9-12/h2-5,8-9,19-20H,6-7H2,1H3,(H,18,21). The third kappa shape index (κ3) is 3.72. The van der Waals surface area contributed by atoms with Crippen LogP contribution in [0.5, 0.6) is 11.5 Å². The van der Waals surface area contributed by atoms with E-state index in [4.69, 9.17) is 0 Å². The summed E-state index contributed by atoms with van der Waals surface area (Å²) < 4.78 is 13.0. The quantitative estimate of drug-likeness (QED) is 0.757. The minimum Gasteiger partial charge on any atom is -0.504 e. The van der Waals surface area contributed by atoms with Crippen molar-refractivity contribution in [1.82, 2.24) is 5.32 Å². The zero-order valence-corrected chi connectivity index (χ0v) is 11.6. The second-order valence-electron chi connectivity index (χ2n) is 4.78. The van der Waals surface area contributed by atoms with Gasteiger partial charge in [-0.25, -0.2) is 4.39 Å². The largest absolute Gasteiger partial charge is 0.504 e. The fourth-order valence-electron chi connectivity index (χ4n) is 2.02. The molecular formula is C16H16FNO3. The lowest BCUT2D eigenvalue weighted by Gasteiger charge is -2.08. The van der Waals surface area contributed by atoms with E-state index in [0.29, 0.717) is 13.0 Å². The summed E-state index contributed by atoms with van der Waals surface area (Å²) in [6.07, 6.45) is 0.585. The zero-order chi connectivity index (χ0) is 15.4. The third-order valence-electron chi connectivity index (χ3n) is 3.22. The van der Waals surface area contributed by atoms with Crippen LogP contribution >= 0.6 is 0 Å². The number of phenols is 2. The molecule has 3 N–H and O–H groups in total. The molecule has 21 heavy (non-hydrogen) atoms. The molecule has 2 aromatic carbocycles. The molecule has 110 valence electrons. The number of carbonyl (C=O) groups is 1. The van der Waals surface area contributed by atoms with Crippen molar-refractivity contribution in [2.75, 3.05) is 6.54 Å². The van der Waals surface area contributed by atoms with Crippen LogP contribution in [0.25, 0.3) is 0 Å². The number of benzene rings is 2. The predicted octanol–water partition coefficient (Wildman–Crippen LogP) is 2.52. The lowest BCUT2D eigenvalue weighted by Crippen LogP contribution is -2.25. The molecule has 0 aliphatic heterocycles. The average Bonchev–Trinajstić information content (AvgIpc) is 2.44. The van der Waals surface area contributed by atoms with Crippen LogP contribution in [0.4, 0.5) is 4.39 Å². The second-order valence-corrected chi connectivity index (χ2v) is 4.78. The number of phenolic OH excluding ortho intramolecular Hbond substituents is 2. The summed E-state index contributed by atoms with van der Waals surface area (Å²) in [5.41, 5.74) is 2.07. The number of amides is 1. The average molecular weight is 289 g/mol. The highest BCUT2D eigenvalue weighted by Crippen LogP contribution is 2.24. The minimum absolute atomic E-state index is 0.265. The van der Waals surface area contributed by atoms with E-state index in [-0.39, 0.29) is 28.8 Å². The molecule has 0 unspecified atom stereocenters. The van der Waals surface area contributed by atoms with Gasteiger partial charge >= 0.3 is 0 Å². The topological polar surface area (TPSA) is 69.6 Å². The SMILES string of the molecule is Cc1cc(F)ccc1CCNC(=O)c1ccc(O)c(O)c1. The Balaban J connectivity index is 1.93. The molecular weight excluding hydrogens is 273 g/mol. The summed E-state index contributed by atoms with van der Waals surface area (Å²) in [5, 5.41) is 21.3. The molecule has 0 atom stereocenters. The van der Waals surface area contributed by atoms with Gasteiger partial charge in [0.1, 0.15) is 5.82 Å². The van der Waals surface area contributed by atoms with Crippen molar-refractivity contribution < 1.29 is 19.4 Å². The van der Waals surface area contributed by atoms with Gasteiger partial charge in [-0.05, 0) is 54.8 Å². The van der Waals surface area contributed by atoms with Gasteiger partial charge in [-0.15, -0.1) is 0 Å². The molecule has 2 aromatic rings. The predicted molar refractivity (Wildman–Crippen MR) is 76.9 cm³/mol. The Kier molecular flexibility index (Phi) is 4.42. The van der Waals surface area contributed by atoms with E-state index in [0.717, 1.165) is 11.1 Å². The van der Waals surface area contributed by atoms with Crippen LogP contribution in [0, 0.1) is 12.7 Å². The third-order valence-corrected chi connectivity index (χ3v) is 3.22. The number of hydrogen-bond donors (Lipinski definition) is 3. The van der Waals surface area contributed by atoms with Crippen LogP contribution in [0.1, 0.15) is 21.5 Å². The molecule has 0 saturated heterocycles. The van der Waals surface area contributed by atoms with E-state index in [1.165, 1.54) is 30.3 Å². The number of rotatable bonds is 4. The van der Waals surface area contributed by atoms with E-state index in [2.05, 4.69) is 5.32 Å². The van der Waals surface area contributed by atoms with Crippen molar-refractivity contribution in [3.05, 3.63) is 58.9 Å². The minimum atomic E-state index is -0.343. The van der Waals surface area contributed by atoms with Crippen LogP contribution < -0.4 is 5.32 Å². The summed E-state index contributed by atoms with van der Waals surface area (Å²) >= 11 is 0. The van der Waals surface area contributed by atoms with Crippen molar-refractivity contribution in [2.24, 2.45) is 0 Å². The summed E-state index contributed by atoms with van der Waals surface area (Å²) in [7, 11) is 0. The monoisotopic (exact) mass is 289 g/mol. The number of hydrogen-bond acceptors (Lipinski definition) is 3. The first-order valence-corrected chi connectivity index (χ1v) is 6.52. The molecule has 0 spiro atoms. The van der Waals surface area contributed by atoms with E-state index >= 15 is 0 Å². The number of halogens is 1. The van der Waals surface area contributed by atoms with Gasteiger partial charge in [-0.3, -0.25) is 4.79 Å². The molecule has 0 aromatic heterocycles. The molecule has 2 rings (SSSR count). The van der Waals surface area contributed by atoms with Crippen molar-refractivity contribution in [1.29, 1.82) is 0 Å². The van der Waals surface area contributed by atoms with Crippen LogP contribution in [0.15, 0.2) is 36.4 Å².